The number of rotatable bonds is 3. The lowest BCUT2D eigenvalue weighted by Crippen LogP contribution is -2.42. The lowest BCUT2D eigenvalue weighted by atomic mass is 9.87. The number of hydrogen-bond donors (Lipinski definition) is 0. The van der Waals surface area contributed by atoms with Gasteiger partial charge in [-0.3, -0.25) is 0 Å². The Morgan fingerprint density at radius 3 is 2.24 bits per heavy atom. The molecule has 0 N–H and O–H groups in total. The third-order valence-corrected chi connectivity index (χ3v) is 5.02. The first-order chi connectivity index (χ1) is 13.3. The van der Waals surface area contributed by atoms with Crippen molar-refractivity contribution in [1.82, 2.24) is 4.90 Å². The molecule has 1 aromatic carbocycles. The minimum absolute atomic E-state index is 0.0393. The molecule has 1 heterocycles. The van der Waals surface area contributed by atoms with Gasteiger partial charge in [0.25, 0.3) is 0 Å². The van der Waals surface area contributed by atoms with Crippen molar-refractivity contribution in [2.24, 2.45) is 5.92 Å². The van der Waals surface area contributed by atoms with Gasteiger partial charge in [-0.25, -0.2) is 9.59 Å². The number of halogens is 4. The number of benzene rings is 1. The molecule has 9 heteroatoms. The molecule has 1 aliphatic rings. The van der Waals surface area contributed by atoms with Gasteiger partial charge in [-0.1, -0.05) is 11.6 Å². The van der Waals surface area contributed by atoms with Crippen LogP contribution in [0.25, 0.3) is 0 Å². The number of esters is 1. The number of ether oxygens (including phenoxy) is 2. The maximum absolute atomic E-state index is 13.6. The Kier molecular flexibility index (Phi) is 7.09. The summed E-state index contributed by atoms with van der Waals surface area (Å²) in [6.45, 7) is 6.13. The summed E-state index contributed by atoms with van der Waals surface area (Å²) in [5.41, 5.74) is -1.82. The van der Waals surface area contributed by atoms with Crippen LogP contribution < -0.4 is 0 Å². The van der Waals surface area contributed by atoms with Gasteiger partial charge in [0.1, 0.15) is 5.60 Å². The quantitative estimate of drug-likeness (QED) is 0.602. The Morgan fingerprint density at radius 1 is 1.17 bits per heavy atom. The van der Waals surface area contributed by atoms with Gasteiger partial charge in [-0.2, -0.15) is 13.2 Å². The van der Waals surface area contributed by atoms with Crippen molar-refractivity contribution in [1.29, 1.82) is 0 Å². The van der Waals surface area contributed by atoms with Crippen LogP contribution >= 0.6 is 11.6 Å². The fraction of sp³-hybridized carbons (Fsp3) is 0.600. The van der Waals surface area contributed by atoms with Crippen LogP contribution in [0.4, 0.5) is 18.0 Å². The lowest BCUT2D eigenvalue weighted by Gasteiger charge is -2.34. The fourth-order valence-electron chi connectivity index (χ4n) is 3.27. The normalized spacial score (nSPS) is 15.9. The minimum atomic E-state index is -4.65. The van der Waals surface area contributed by atoms with Crippen molar-refractivity contribution in [2.45, 2.75) is 51.8 Å². The molecule has 29 heavy (non-hydrogen) atoms. The van der Waals surface area contributed by atoms with Gasteiger partial charge in [0, 0.05) is 18.1 Å². The number of carbonyl (C=O) groups excluding carboxylic acids is 2. The van der Waals surface area contributed by atoms with Crippen LogP contribution in [0.2, 0.25) is 5.02 Å². The second-order valence-corrected chi connectivity index (χ2v) is 8.50. The molecule has 0 saturated carbocycles. The van der Waals surface area contributed by atoms with E-state index in [2.05, 4.69) is 4.74 Å². The predicted molar refractivity (Wildman–Crippen MR) is 102 cm³/mol. The van der Waals surface area contributed by atoms with Gasteiger partial charge in [-0.15, -0.1) is 0 Å². The topological polar surface area (TPSA) is 55.8 Å². The Balaban J connectivity index is 2.15. The molecule has 1 saturated heterocycles. The average Bonchev–Trinajstić information content (AvgIpc) is 2.60. The van der Waals surface area contributed by atoms with Gasteiger partial charge < -0.3 is 14.4 Å². The molecule has 2 rings (SSSR count). The van der Waals surface area contributed by atoms with Crippen molar-refractivity contribution in [3.63, 3.8) is 0 Å². The van der Waals surface area contributed by atoms with Crippen LogP contribution in [0.1, 0.15) is 55.1 Å². The predicted octanol–water partition coefficient (Wildman–Crippen LogP) is 5.34. The van der Waals surface area contributed by atoms with Crippen LogP contribution in [0.3, 0.4) is 0 Å². The number of carbonyl (C=O) groups is 2. The van der Waals surface area contributed by atoms with Crippen molar-refractivity contribution >= 4 is 23.7 Å². The average molecular weight is 436 g/mol. The molecule has 0 atom stereocenters. The third-order valence-electron chi connectivity index (χ3n) is 4.68. The largest absolute Gasteiger partial charge is 0.465 e. The van der Waals surface area contributed by atoms with Crippen LogP contribution in [0, 0.1) is 5.92 Å². The molecular formula is C20H25ClF3NO4. The SMILES string of the molecule is COC(=O)c1cc(Cl)c(CC2CCN(C(=O)OC(C)(C)C)CC2)c(C(F)(F)F)c1. The second-order valence-electron chi connectivity index (χ2n) is 8.09. The molecule has 5 nitrogen and oxygen atoms in total. The molecule has 0 spiro atoms. The maximum Gasteiger partial charge on any atom is 0.416 e. The number of hydrogen-bond acceptors (Lipinski definition) is 4. The van der Waals surface area contributed by atoms with Gasteiger partial charge in [0.05, 0.1) is 18.2 Å². The third kappa shape index (κ3) is 6.26. The van der Waals surface area contributed by atoms with Gasteiger partial charge in [0.2, 0.25) is 0 Å². The van der Waals surface area contributed by atoms with E-state index in [0.29, 0.717) is 25.9 Å². The van der Waals surface area contributed by atoms with E-state index in [1.54, 1.807) is 25.7 Å². The summed E-state index contributed by atoms with van der Waals surface area (Å²) >= 11 is 6.12. The standard InChI is InChI=1S/C20H25ClF3NO4/c1-19(2,3)29-18(27)25-7-5-12(6-8-25)9-14-15(20(22,23)24)10-13(11-16(14)21)17(26)28-4/h10-12H,5-9H2,1-4H3. The zero-order valence-corrected chi connectivity index (χ0v) is 17.6. The summed E-state index contributed by atoms with van der Waals surface area (Å²) in [6, 6.07) is 1.98. The number of alkyl halides is 3. The maximum atomic E-state index is 13.6. The molecule has 162 valence electrons. The molecule has 0 unspecified atom stereocenters. The van der Waals surface area contributed by atoms with Crippen LogP contribution in [0.15, 0.2) is 12.1 Å². The highest BCUT2D eigenvalue weighted by molar-refractivity contribution is 6.31. The first-order valence-corrected chi connectivity index (χ1v) is 9.65. The Morgan fingerprint density at radius 2 is 1.76 bits per heavy atom. The molecule has 1 aromatic rings. The van der Waals surface area contributed by atoms with E-state index in [0.717, 1.165) is 13.2 Å². The highest BCUT2D eigenvalue weighted by atomic mass is 35.5. The molecule has 1 amide bonds. The van der Waals surface area contributed by atoms with E-state index in [9.17, 15) is 22.8 Å². The number of methoxy groups -OCH3 is 1. The first-order valence-electron chi connectivity index (χ1n) is 9.27. The first kappa shape index (κ1) is 23.3. The number of piperidine rings is 1. The summed E-state index contributed by atoms with van der Waals surface area (Å²) in [4.78, 5) is 25.3. The Labute approximate surface area is 173 Å². The summed E-state index contributed by atoms with van der Waals surface area (Å²) in [5, 5.41) is -0.116. The van der Waals surface area contributed by atoms with Crippen LogP contribution in [-0.2, 0) is 22.1 Å². The van der Waals surface area contributed by atoms with Crippen LogP contribution in [-0.4, -0.2) is 42.8 Å². The smallest absolute Gasteiger partial charge is 0.416 e. The summed E-state index contributed by atoms with van der Waals surface area (Å²) in [5.74, 6) is -0.953. The van der Waals surface area contributed by atoms with E-state index in [1.807, 2.05) is 0 Å². The molecule has 0 bridgehead atoms. The molecule has 0 aliphatic carbocycles. The summed E-state index contributed by atoms with van der Waals surface area (Å²) in [6.07, 6.45) is -3.90. The van der Waals surface area contributed by atoms with Crippen molar-refractivity contribution in [3.05, 3.63) is 33.8 Å². The molecule has 1 aliphatic heterocycles. The van der Waals surface area contributed by atoms with Crippen molar-refractivity contribution in [3.8, 4) is 0 Å². The van der Waals surface area contributed by atoms with E-state index in [-0.39, 0.29) is 28.5 Å². The molecule has 1 fully saturated rings. The van der Waals surface area contributed by atoms with E-state index in [1.165, 1.54) is 6.07 Å². The van der Waals surface area contributed by atoms with Crippen molar-refractivity contribution in [2.75, 3.05) is 20.2 Å². The highest BCUT2D eigenvalue weighted by Crippen LogP contribution is 2.38. The summed E-state index contributed by atoms with van der Waals surface area (Å²) < 4.78 is 50.6. The van der Waals surface area contributed by atoms with Gasteiger partial charge in [0.15, 0.2) is 0 Å². The zero-order valence-electron chi connectivity index (χ0n) is 16.9. The highest BCUT2D eigenvalue weighted by Gasteiger charge is 2.37. The van der Waals surface area contributed by atoms with E-state index >= 15 is 0 Å². The fourth-order valence-corrected chi connectivity index (χ4v) is 3.56. The minimum Gasteiger partial charge on any atom is -0.465 e. The number of likely N-dealkylation sites (tertiary alicyclic amines) is 1. The number of nitrogens with zero attached hydrogens (tertiary/aromatic N) is 1. The molecule has 0 aromatic heterocycles. The number of amides is 1. The molecular weight excluding hydrogens is 411 g/mol. The Hall–Kier alpha value is -1.96. The van der Waals surface area contributed by atoms with E-state index in [4.69, 9.17) is 16.3 Å². The lowest BCUT2D eigenvalue weighted by molar-refractivity contribution is -0.138. The monoisotopic (exact) mass is 435 g/mol. The van der Waals surface area contributed by atoms with Gasteiger partial charge in [-0.05, 0) is 63.6 Å². The zero-order chi connectivity index (χ0) is 22.0. The van der Waals surface area contributed by atoms with Crippen molar-refractivity contribution < 1.29 is 32.2 Å². The van der Waals surface area contributed by atoms with Crippen LogP contribution in [0.5, 0.6) is 0 Å². The van der Waals surface area contributed by atoms with Gasteiger partial charge >= 0.3 is 18.2 Å². The second kappa shape index (κ2) is 8.81. The molecule has 0 radical (unpaired) electrons. The summed E-state index contributed by atoms with van der Waals surface area (Å²) in [7, 11) is 1.09. The Bertz CT molecular complexity index is 766. The van der Waals surface area contributed by atoms with E-state index < -0.39 is 29.4 Å².